The van der Waals surface area contributed by atoms with E-state index in [2.05, 4.69) is 26.2 Å². The molecule has 7 heteroatoms. The van der Waals surface area contributed by atoms with Gasteiger partial charge in [-0.3, -0.25) is 10.1 Å². The molecule has 1 aromatic heterocycles. The third-order valence-corrected chi connectivity index (χ3v) is 3.06. The van der Waals surface area contributed by atoms with Gasteiger partial charge in [0.15, 0.2) is 0 Å². The molecule has 0 unspecified atom stereocenters. The molecule has 0 aliphatic heterocycles. The molecule has 0 radical (unpaired) electrons. The number of para-hydroxylation sites is 1. The number of rotatable bonds is 5. The molecule has 0 saturated heterocycles. The number of aromatic nitrogens is 1. The molecule has 2 rings (SSSR count). The van der Waals surface area contributed by atoms with Crippen molar-refractivity contribution >= 4 is 27.4 Å². The molecule has 0 aliphatic rings. The second-order valence-corrected chi connectivity index (χ2v) is 4.72. The molecule has 0 amide bonds. The summed E-state index contributed by atoms with van der Waals surface area (Å²) in [5.41, 5.74) is -0.0713. The van der Waals surface area contributed by atoms with Crippen LogP contribution in [0.1, 0.15) is 6.92 Å². The Morgan fingerprint density at radius 2 is 2.15 bits per heavy atom. The lowest BCUT2D eigenvalue weighted by Crippen LogP contribution is -2.02. The average Bonchev–Trinajstić information content (AvgIpc) is 2.41. The lowest BCUT2D eigenvalue weighted by molar-refractivity contribution is -0.384. The number of halogens is 1. The quantitative estimate of drug-likeness (QED) is 0.659. The first-order valence-corrected chi connectivity index (χ1v) is 6.72. The number of anilines is 1. The highest BCUT2D eigenvalue weighted by Crippen LogP contribution is 2.30. The summed E-state index contributed by atoms with van der Waals surface area (Å²) >= 11 is 3.35. The summed E-state index contributed by atoms with van der Waals surface area (Å²) in [4.78, 5) is 14.6. The summed E-state index contributed by atoms with van der Waals surface area (Å²) in [5.74, 6) is 1.12. The zero-order valence-corrected chi connectivity index (χ0v) is 12.3. The predicted molar refractivity (Wildman–Crippen MR) is 79.3 cm³/mol. The van der Waals surface area contributed by atoms with Crippen molar-refractivity contribution in [2.45, 2.75) is 6.92 Å². The van der Waals surface area contributed by atoms with Crippen molar-refractivity contribution in [1.82, 2.24) is 4.98 Å². The molecular formula is C13H12BrN3O3. The van der Waals surface area contributed by atoms with Gasteiger partial charge in [-0.25, -0.2) is 0 Å². The van der Waals surface area contributed by atoms with Crippen molar-refractivity contribution in [3.8, 4) is 11.6 Å². The van der Waals surface area contributed by atoms with E-state index in [-0.39, 0.29) is 11.6 Å². The Kier molecular flexibility index (Phi) is 4.52. The van der Waals surface area contributed by atoms with Gasteiger partial charge in [-0.05, 0) is 35.0 Å². The van der Waals surface area contributed by atoms with Crippen molar-refractivity contribution < 1.29 is 9.66 Å². The predicted octanol–water partition coefficient (Wildman–Crippen LogP) is 3.98. The molecule has 1 N–H and O–H groups in total. The van der Waals surface area contributed by atoms with Crippen LogP contribution < -0.4 is 10.1 Å². The summed E-state index contributed by atoms with van der Waals surface area (Å²) in [7, 11) is 0. The van der Waals surface area contributed by atoms with Crippen LogP contribution in [-0.4, -0.2) is 16.5 Å². The SMILES string of the molecule is CCNc1cc([N+](=O)[O-])cc(Oc2ccccc2Br)n1. The number of nitro groups is 1. The third kappa shape index (κ3) is 3.45. The topological polar surface area (TPSA) is 77.3 Å². The maximum atomic E-state index is 10.9. The molecule has 0 spiro atoms. The molecule has 2 aromatic rings. The lowest BCUT2D eigenvalue weighted by atomic mass is 10.3. The van der Waals surface area contributed by atoms with Crippen LogP contribution in [0.15, 0.2) is 40.9 Å². The van der Waals surface area contributed by atoms with Crippen LogP contribution in [0.3, 0.4) is 0 Å². The Bertz CT molecular complexity index is 634. The molecule has 0 bridgehead atoms. The molecule has 0 fully saturated rings. The van der Waals surface area contributed by atoms with Gasteiger partial charge in [-0.2, -0.15) is 4.98 Å². The van der Waals surface area contributed by atoms with Crippen molar-refractivity contribution in [2.75, 3.05) is 11.9 Å². The number of hydrogen-bond acceptors (Lipinski definition) is 5. The van der Waals surface area contributed by atoms with Crippen molar-refractivity contribution in [2.24, 2.45) is 0 Å². The molecule has 0 saturated carbocycles. The van der Waals surface area contributed by atoms with Crippen LogP contribution in [0.4, 0.5) is 11.5 Å². The number of nitrogens with one attached hydrogen (secondary N) is 1. The molecule has 1 heterocycles. The van der Waals surface area contributed by atoms with Gasteiger partial charge in [0.2, 0.25) is 5.88 Å². The highest BCUT2D eigenvalue weighted by molar-refractivity contribution is 9.10. The van der Waals surface area contributed by atoms with E-state index in [9.17, 15) is 10.1 Å². The lowest BCUT2D eigenvalue weighted by Gasteiger charge is -2.08. The molecule has 6 nitrogen and oxygen atoms in total. The van der Waals surface area contributed by atoms with Crippen LogP contribution in [-0.2, 0) is 0 Å². The smallest absolute Gasteiger partial charge is 0.278 e. The molecule has 0 aliphatic carbocycles. The standard InChI is InChI=1S/C13H12BrN3O3/c1-2-15-12-7-9(17(18)19)8-13(16-12)20-11-6-4-3-5-10(11)14/h3-8H,2H2,1H3,(H,15,16). The first-order valence-electron chi connectivity index (χ1n) is 5.93. The molecule has 20 heavy (non-hydrogen) atoms. The average molecular weight is 338 g/mol. The fourth-order valence-corrected chi connectivity index (χ4v) is 1.93. The fraction of sp³-hybridized carbons (Fsp3) is 0.154. The van der Waals surface area contributed by atoms with E-state index in [4.69, 9.17) is 4.74 Å². The number of ether oxygens (including phenoxy) is 1. The van der Waals surface area contributed by atoms with E-state index < -0.39 is 4.92 Å². The second kappa shape index (κ2) is 6.33. The van der Waals surface area contributed by atoms with Crippen LogP contribution >= 0.6 is 15.9 Å². The van der Waals surface area contributed by atoms with Crippen LogP contribution in [0.25, 0.3) is 0 Å². The van der Waals surface area contributed by atoms with Gasteiger partial charge in [0.1, 0.15) is 11.6 Å². The molecule has 104 valence electrons. The minimum Gasteiger partial charge on any atom is -0.438 e. The Hall–Kier alpha value is -2.15. The largest absolute Gasteiger partial charge is 0.438 e. The summed E-state index contributed by atoms with van der Waals surface area (Å²) in [6.45, 7) is 2.50. The number of pyridine rings is 1. The number of benzene rings is 1. The highest BCUT2D eigenvalue weighted by atomic mass is 79.9. The fourth-order valence-electron chi connectivity index (χ4n) is 1.56. The van der Waals surface area contributed by atoms with Gasteiger partial charge in [0.05, 0.1) is 21.5 Å². The van der Waals surface area contributed by atoms with E-state index in [1.54, 1.807) is 6.07 Å². The van der Waals surface area contributed by atoms with Crippen LogP contribution in [0, 0.1) is 10.1 Å². The first kappa shape index (κ1) is 14.3. The molecule has 0 atom stereocenters. The Labute approximate surface area is 124 Å². The van der Waals surface area contributed by atoms with Crippen LogP contribution in [0.2, 0.25) is 0 Å². The van der Waals surface area contributed by atoms with Gasteiger partial charge >= 0.3 is 0 Å². The van der Waals surface area contributed by atoms with Gasteiger partial charge in [-0.15, -0.1) is 0 Å². The minimum absolute atomic E-state index is 0.0713. The summed E-state index contributed by atoms with van der Waals surface area (Å²) in [5, 5.41) is 13.9. The summed E-state index contributed by atoms with van der Waals surface area (Å²) < 4.78 is 6.33. The van der Waals surface area contributed by atoms with Crippen molar-refractivity contribution in [3.63, 3.8) is 0 Å². The Morgan fingerprint density at radius 1 is 1.40 bits per heavy atom. The Balaban J connectivity index is 2.35. The second-order valence-electron chi connectivity index (χ2n) is 3.87. The number of nitrogens with zero attached hydrogens (tertiary/aromatic N) is 2. The molecular weight excluding hydrogens is 326 g/mol. The van der Waals surface area contributed by atoms with Gasteiger partial charge in [0, 0.05) is 6.54 Å². The van der Waals surface area contributed by atoms with Gasteiger partial charge in [0.25, 0.3) is 5.69 Å². The summed E-state index contributed by atoms with van der Waals surface area (Å²) in [6.07, 6.45) is 0. The molecule has 1 aromatic carbocycles. The highest BCUT2D eigenvalue weighted by Gasteiger charge is 2.13. The van der Waals surface area contributed by atoms with E-state index in [0.29, 0.717) is 18.1 Å². The van der Waals surface area contributed by atoms with E-state index in [1.807, 2.05) is 25.1 Å². The van der Waals surface area contributed by atoms with Gasteiger partial charge in [-0.1, -0.05) is 12.1 Å². The maximum absolute atomic E-state index is 10.9. The maximum Gasteiger partial charge on any atom is 0.278 e. The van der Waals surface area contributed by atoms with E-state index >= 15 is 0 Å². The third-order valence-electron chi connectivity index (χ3n) is 2.41. The van der Waals surface area contributed by atoms with Crippen LogP contribution in [0.5, 0.6) is 11.6 Å². The summed E-state index contributed by atoms with van der Waals surface area (Å²) in [6, 6.07) is 9.89. The van der Waals surface area contributed by atoms with Crippen molar-refractivity contribution in [3.05, 3.63) is 51.0 Å². The van der Waals surface area contributed by atoms with Gasteiger partial charge < -0.3 is 10.1 Å². The zero-order valence-electron chi connectivity index (χ0n) is 10.7. The zero-order chi connectivity index (χ0) is 14.5. The van der Waals surface area contributed by atoms with E-state index in [1.165, 1.54) is 12.1 Å². The number of hydrogen-bond donors (Lipinski definition) is 1. The minimum atomic E-state index is -0.477. The normalized spacial score (nSPS) is 10.1. The Morgan fingerprint density at radius 3 is 2.80 bits per heavy atom. The van der Waals surface area contributed by atoms with E-state index in [0.717, 1.165) is 4.47 Å². The first-order chi connectivity index (χ1) is 9.60. The monoisotopic (exact) mass is 337 g/mol. The van der Waals surface area contributed by atoms with Crippen molar-refractivity contribution in [1.29, 1.82) is 0 Å².